The van der Waals surface area contributed by atoms with Crippen LogP contribution in [0.5, 0.6) is 0 Å². The van der Waals surface area contributed by atoms with Crippen LogP contribution < -0.4 is 5.32 Å². The van der Waals surface area contributed by atoms with Gasteiger partial charge in [-0.05, 0) is 27.0 Å². The standard InChI is InChI=1S/C12H21NO5S/c1-12(2,3)18-10(15)7-8(11(16)17)13-9(14)5-6-19-4/h8H,5-7H2,1-4H3,(H,13,14)(H,16,17)/t8-/m0/s1. The van der Waals surface area contributed by atoms with Crippen molar-refractivity contribution in [3.63, 3.8) is 0 Å². The van der Waals surface area contributed by atoms with Crippen LogP contribution in [0.2, 0.25) is 0 Å². The lowest BCUT2D eigenvalue weighted by Gasteiger charge is -2.21. The molecule has 1 amide bonds. The third-order valence-corrected chi connectivity index (χ3v) is 2.57. The van der Waals surface area contributed by atoms with Crippen LogP contribution >= 0.6 is 11.8 Å². The number of aliphatic carboxylic acids is 1. The van der Waals surface area contributed by atoms with E-state index in [-0.39, 0.29) is 18.7 Å². The second kappa shape index (κ2) is 8.04. The van der Waals surface area contributed by atoms with Crippen LogP contribution in [-0.2, 0) is 19.1 Å². The molecule has 0 fully saturated rings. The Morgan fingerprint density at radius 1 is 1.32 bits per heavy atom. The molecule has 19 heavy (non-hydrogen) atoms. The van der Waals surface area contributed by atoms with Gasteiger partial charge in [0.15, 0.2) is 0 Å². The van der Waals surface area contributed by atoms with Crippen LogP contribution in [-0.4, -0.2) is 46.6 Å². The maximum atomic E-state index is 11.5. The van der Waals surface area contributed by atoms with Crippen molar-refractivity contribution in [2.24, 2.45) is 0 Å². The van der Waals surface area contributed by atoms with E-state index in [4.69, 9.17) is 9.84 Å². The third-order valence-electron chi connectivity index (χ3n) is 1.96. The lowest BCUT2D eigenvalue weighted by atomic mass is 10.1. The summed E-state index contributed by atoms with van der Waals surface area (Å²) in [6.07, 6.45) is 1.69. The summed E-state index contributed by atoms with van der Waals surface area (Å²) in [6.45, 7) is 5.08. The summed E-state index contributed by atoms with van der Waals surface area (Å²) < 4.78 is 5.02. The first-order chi connectivity index (χ1) is 8.65. The predicted octanol–water partition coefficient (Wildman–Crippen LogP) is 1.04. The number of carbonyl (C=O) groups excluding carboxylic acids is 2. The molecule has 0 aliphatic rings. The average molecular weight is 291 g/mol. The van der Waals surface area contributed by atoms with Crippen molar-refractivity contribution >= 4 is 29.6 Å². The number of carboxylic acids is 1. The summed E-state index contributed by atoms with van der Waals surface area (Å²) in [4.78, 5) is 34.0. The summed E-state index contributed by atoms with van der Waals surface area (Å²) in [5.74, 6) is -1.68. The Morgan fingerprint density at radius 2 is 1.89 bits per heavy atom. The highest BCUT2D eigenvalue weighted by atomic mass is 32.2. The first-order valence-corrected chi connectivity index (χ1v) is 7.28. The van der Waals surface area contributed by atoms with Gasteiger partial charge in [-0.2, -0.15) is 11.8 Å². The molecule has 0 saturated heterocycles. The van der Waals surface area contributed by atoms with Crippen molar-refractivity contribution in [1.82, 2.24) is 5.32 Å². The second-order valence-corrected chi connectivity index (χ2v) is 5.98. The molecule has 0 bridgehead atoms. The quantitative estimate of drug-likeness (QED) is 0.681. The minimum atomic E-state index is -1.25. The molecule has 2 N–H and O–H groups in total. The fourth-order valence-electron chi connectivity index (χ4n) is 1.21. The van der Waals surface area contributed by atoms with E-state index < -0.39 is 23.6 Å². The summed E-state index contributed by atoms with van der Waals surface area (Å²) in [7, 11) is 0. The molecule has 0 unspecified atom stereocenters. The number of rotatable bonds is 7. The maximum Gasteiger partial charge on any atom is 0.326 e. The maximum absolute atomic E-state index is 11.5. The molecule has 0 saturated carbocycles. The molecule has 0 aromatic rings. The number of thioether (sulfide) groups is 1. The average Bonchev–Trinajstić information content (AvgIpc) is 2.22. The topological polar surface area (TPSA) is 92.7 Å². The molecule has 0 aromatic heterocycles. The molecule has 0 rings (SSSR count). The Hall–Kier alpha value is -1.24. The zero-order chi connectivity index (χ0) is 15.1. The van der Waals surface area contributed by atoms with Crippen molar-refractivity contribution < 1.29 is 24.2 Å². The van der Waals surface area contributed by atoms with Gasteiger partial charge in [0, 0.05) is 12.2 Å². The van der Waals surface area contributed by atoms with Gasteiger partial charge in [0.05, 0.1) is 6.42 Å². The van der Waals surface area contributed by atoms with Gasteiger partial charge in [-0.25, -0.2) is 4.79 Å². The van der Waals surface area contributed by atoms with E-state index in [0.717, 1.165) is 0 Å². The highest BCUT2D eigenvalue weighted by Crippen LogP contribution is 2.09. The van der Waals surface area contributed by atoms with E-state index in [0.29, 0.717) is 5.75 Å². The van der Waals surface area contributed by atoms with Crippen molar-refractivity contribution in [3.05, 3.63) is 0 Å². The number of hydrogen-bond acceptors (Lipinski definition) is 5. The van der Waals surface area contributed by atoms with Crippen LogP contribution in [0.4, 0.5) is 0 Å². The number of esters is 1. The second-order valence-electron chi connectivity index (χ2n) is 4.99. The van der Waals surface area contributed by atoms with Gasteiger partial charge >= 0.3 is 11.9 Å². The number of carboxylic acid groups (broad SMARTS) is 1. The molecule has 0 aromatic carbocycles. The largest absolute Gasteiger partial charge is 0.480 e. The van der Waals surface area contributed by atoms with Gasteiger partial charge in [-0.1, -0.05) is 0 Å². The molecular weight excluding hydrogens is 270 g/mol. The molecular formula is C12H21NO5S. The number of amides is 1. The van der Waals surface area contributed by atoms with Crippen LogP contribution in [0.3, 0.4) is 0 Å². The van der Waals surface area contributed by atoms with E-state index in [1.165, 1.54) is 11.8 Å². The molecule has 110 valence electrons. The minimum Gasteiger partial charge on any atom is -0.480 e. The van der Waals surface area contributed by atoms with Crippen molar-refractivity contribution in [1.29, 1.82) is 0 Å². The molecule has 7 heteroatoms. The van der Waals surface area contributed by atoms with E-state index in [1.807, 2.05) is 6.26 Å². The Morgan fingerprint density at radius 3 is 2.32 bits per heavy atom. The van der Waals surface area contributed by atoms with Crippen molar-refractivity contribution in [2.45, 2.75) is 45.3 Å². The first kappa shape index (κ1) is 17.8. The van der Waals surface area contributed by atoms with Gasteiger partial charge in [-0.15, -0.1) is 0 Å². The first-order valence-electron chi connectivity index (χ1n) is 5.88. The zero-order valence-corrected chi connectivity index (χ0v) is 12.5. The third kappa shape index (κ3) is 9.35. The Labute approximate surface area is 117 Å². The Bertz CT molecular complexity index is 338. The van der Waals surface area contributed by atoms with E-state index >= 15 is 0 Å². The van der Waals surface area contributed by atoms with Gasteiger partial charge in [0.2, 0.25) is 5.91 Å². The molecule has 1 atom stereocenters. The van der Waals surface area contributed by atoms with Gasteiger partial charge in [0.1, 0.15) is 11.6 Å². The highest BCUT2D eigenvalue weighted by molar-refractivity contribution is 7.98. The van der Waals surface area contributed by atoms with Crippen LogP contribution in [0.1, 0.15) is 33.6 Å². The zero-order valence-electron chi connectivity index (χ0n) is 11.7. The number of carbonyl (C=O) groups is 3. The normalized spacial score (nSPS) is 12.6. The SMILES string of the molecule is CSCCC(=O)N[C@@H](CC(=O)OC(C)(C)C)C(=O)O. The summed E-state index contributed by atoms with van der Waals surface area (Å²) >= 11 is 1.49. The van der Waals surface area contributed by atoms with E-state index in [2.05, 4.69) is 5.32 Å². The van der Waals surface area contributed by atoms with E-state index in [1.54, 1.807) is 20.8 Å². The molecule has 0 heterocycles. The van der Waals surface area contributed by atoms with Gasteiger partial charge in [0.25, 0.3) is 0 Å². The molecule has 6 nitrogen and oxygen atoms in total. The van der Waals surface area contributed by atoms with Gasteiger partial charge < -0.3 is 15.2 Å². The van der Waals surface area contributed by atoms with Crippen LogP contribution in [0.15, 0.2) is 0 Å². The minimum absolute atomic E-state index is 0.221. The molecule has 0 aliphatic heterocycles. The lowest BCUT2D eigenvalue weighted by molar-refractivity contribution is -0.158. The van der Waals surface area contributed by atoms with Crippen LogP contribution in [0, 0.1) is 0 Å². The number of hydrogen-bond donors (Lipinski definition) is 2. The monoisotopic (exact) mass is 291 g/mol. The summed E-state index contributed by atoms with van der Waals surface area (Å²) in [5, 5.41) is 11.3. The summed E-state index contributed by atoms with van der Waals surface area (Å²) in [6, 6.07) is -1.25. The fraction of sp³-hybridized carbons (Fsp3) is 0.750. The lowest BCUT2D eigenvalue weighted by Crippen LogP contribution is -2.43. The smallest absolute Gasteiger partial charge is 0.326 e. The summed E-state index contributed by atoms with van der Waals surface area (Å²) in [5.41, 5.74) is -0.678. The van der Waals surface area contributed by atoms with Crippen LogP contribution in [0.25, 0.3) is 0 Å². The predicted molar refractivity (Wildman–Crippen MR) is 73.0 cm³/mol. The number of nitrogens with one attached hydrogen (secondary N) is 1. The van der Waals surface area contributed by atoms with Crippen molar-refractivity contribution in [3.8, 4) is 0 Å². The number of ether oxygens (including phenoxy) is 1. The Balaban J connectivity index is 4.38. The molecule has 0 spiro atoms. The molecule has 0 aliphatic carbocycles. The fourth-order valence-corrected chi connectivity index (χ4v) is 1.60. The molecule has 0 radical (unpaired) electrons. The van der Waals surface area contributed by atoms with Gasteiger partial charge in [-0.3, -0.25) is 9.59 Å². The van der Waals surface area contributed by atoms with Crippen molar-refractivity contribution in [2.75, 3.05) is 12.0 Å². The van der Waals surface area contributed by atoms with E-state index in [9.17, 15) is 14.4 Å². The highest BCUT2D eigenvalue weighted by Gasteiger charge is 2.26. The Kier molecular flexibility index (Phi) is 7.51.